The SMILES string of the molecule is C=C(C(=O)O)c1ccc2ncnc(N3CCc4ccc(Cl)cc43)c2c1. The zero-order valence-corrected chi connectivity index (χ0v) is 14.0. The molecule has 1 aliphatic rings. The molecule has 0 bridgehead atoms. The molecule has 6 heteroatoms. The second-order valence-electron chi connectivity index (χ2n) is 5.89. The molecule has 124 valence electrons. The Balaban J connectivity index is 1.89. The quantitative estimate of drug-likeness (QED) is 0.720. The van der Waals surface area contributed by atoms with Gasteiger partial charge in [0, 0.05) is 22.6 Å². The number of anilines is 2. The monoisotopic (exact) mass is 351 g/mol. The maximum absolute atomic E-state index is 11.2. The summed E-state index contributed by atoms with van der Waals surface area (Å²) in [4.78, 5) is 22.1. The van der Waals surface area contributed by atoms with Crippen molar-refractivity contribution in [3.63, 3.8) is 0 Å². The lowest BCUT2D eigenvalue weighted by atomic mass is 10.0. The number of halogens is 1. The fourth-order valence-corrected chi connectivity index (χ4v) is 3.31. The Hall–Kier alpha value is -2.92. The highest BCUT2D eigenvalue weighted by molar-refractivity contribution is 6.31. The van der Waals surface area contributed by atoms with Gasteiger partial charge in [0.1, 0.15) is 12.1 Å². The highest BCUT2D eigenvalue weighted by atomic mass is 35.5. The topological polar surface area (TPSA) is 66.3 Å². The first-order valence-electron chi connectivity index (χ1n) is 7.78. The van der Waals surface area contributed by atoms with Crippen LogP contribution >= 0.6 is 11.6 Å². The van der Waals surface area contributed by atoms with Crippen LogP contribution in [0.1, 0.15) is 11.1 Å². The summed E-state index contributed by atoms with van der Waals surface area (Å²) in [7, 11) is 0. The van der Waals surface area contributed by atoms with E-state index in [0.29, 0.717) is 10.6 Å². The third kappa shape index (κ3) is 2.62. The summed E-state index contributed by atoms with van der Waals surface area (Å²) in [6, 6.07) is 11.1. The lowest BCUT2D eigenvalue weighted by molar-refractivity contribution is -0.130. The highest BCUT2D eigenvalue weighted by Crippen LogP contribution is 2.38. The fraction of sp³-hybridized carbons (Fsp3) is 0.105. The summed E-state index contributed by atoms with van der Waals surface area (Å²) in [6.07, 6.45) is 2.42. The molecule has 1 aromatic heterocycles. The summed E-state index contributed by atoms with van der Waals surface area (Å²) >= 11 is 6.16. The van der Waals surface area contributed by atoms with Crippen molar-refractivity contribution in [3.8, 4) is 0 Å². The van der Waals surface area contributed by atoms with Gasteiger partial charge in [-0.3, -0.25) is 0 Å². The van der Waals surface area contributed by atoms with E-state index in [1.165, 1.54) is 11.9 Å². The molecule has 0 saturated heterocycles. The Morgan fingerprint density at radius 3 is 2.84 bits per heavy atom. The van der Waals surface area contributed by atoms with Gasteiger partial charge >= 0.3 is 5.97 Å². The van der Waals surface area contributed by atoms with Crippen molar-refractivity contribution in [1.82, 2.24) is 9.97 Å². The Labute approximate surface area is 149 Å². The highest BCUT2D eigenvalue weighted by Gasteiger charge is 2.23. The van der Waals surface area contributed by atoms with Crippen molar-refractivity contribution in [3.05, 3.63) is 65.5 Å². The van der Waals surface area contributed by atoms with Crippen molar-refractivity contribution in [2.45, 2.75) is 6.42 Å². The molecule has 0 fully saturated rings. The number of fused-ring (bicyclic) bond motifs is 2. The summed E-state index contributed by atoms with van der Waals surface area (Å²) in [6.45, 7) is 4.42. The molecular formula is C19H14ClN3O2. The van der Waals surface area contributed by atoms with Gasteiger partial charge in [-0.1, -0.05) is 30.3 Å². The lowest BCUT2D eigenvalue weighted by Gasteiger charge is -2.20. The number of hydrogen-bond donors (Lipinski definition) is 1. The predicted octanol–water partition coefficient (Wildman–Crippen LogP) is 4.08. The number of hydrogen-bond acceptors (Lipinski definition) is 4. The van der Waals surface area contributed by atoms with Crippen LogP contribution in [-0.4, -0.2) is 27.6 Å². The molecule has 3 aromatic rings. The molecule has 25 heavy (non-hydrogen) atoms. The van der Waals surface area contributed by atoms with Crippen LogP contribution in [0.2, 0.25) is 5.02 Å². The molecule has 0 atom stereocenters. The second kappa shape index (κ2) is 5.86. The molecule has 2 aromatic carbocycles. The average molecular weight is 352 g/mol. The van der Waals surface area contributed by atoms with Gasteiger partial charge in [0.05, 0.1) is 11.1 Å². The largest absolute Gasteiger partial charge is 0.478 e. The van der Waals surface area contributed by atoms with Crippen LogP contribution in [0.3, 0.4) is 0 Å². The fourth-order valence-electron chi connectivity index (χ4n) is 3.14. The van der Waals surface area contributed by atoms with Gasteiger partial charge in [-0.15, -0.1) is 0 Å². The minimum absolute atomic E-state index is 0.0431. The van der Waals surface area contributed by atoms with E-state index >= 15 is 0 Å². The molecule has 0 radical (unpaired) electrons. The summed E-state index contributed by atoms with van der Waals surface area (Å²) < 4.78 is 0. The maximum atomic E-state index is 11.2. The van der Waals surface area contributed by atoms with Gasteiger partial charge in [0.25, 0.3) is 0 Å². The van der Waals surface area contributed by atoms with Crippen molar-refractivity contribution in [1.29, 1.82) is 0 Å². The van der Waals surface area contributed by atoms with Gasteiger partial charge in [-0.25, -0.2) is 14.8 Å². The second-order valence-corrected chi connectivity index (χ2v) is 6.32. The van der Waals surface area contributed by atoms with E-state index in [-0.39, 0.29) is 5.57 Å². The molecule has 0 spiro atoms. The van der Waals surface area contributed by atoms with Crippen LogP contribution in [0.4, 0.5) is 11.5 Å². The normalized spacial score (nSPS) is 13.1. The number of aliphatic carboxylic acids is 1. The number of carboxylic acids is 1. The number of rotatable bonds is 3. The molecule has 4 rings (SSSR count). The van der Waals surface area contributed by atoms with E-state index in [4.69, 9.17) is 11.6 Å². The van der Waals surface area contributed by atoms with E-state index < -0.39 is 5.97 Å². The molecule has 0 saturated carbocycles. The van der Waals surface area contributed by atoms with E-state index in [0.717, 1.165) is 35.4 Å². The molecule has 0 unspecified atom stereocenters. The van der Waals surface area contributed by atoms with Crippen LogP contribution in [0.5, 0.6) is 0 Å². The zero-order valence-electron chi connectivity index (χ0n) is 13.2. The molecule has 0 aliphatic carbocycles. The standard InChI is InChI=1S/C19H14ClN3O2/c1-11(19(24)25)13-3-5-16-15(8-13)18(22-10-21-16)23-7-6-12-2-4-14(20)9-17(12)23/h2-5,8-10H,1,6-7H2,(H,24,25). The molecule has 2 heterocycles. The van der Waals surface area contributed by atoms with Gasteiger partial charge < -0.3 is 10.0 Å². The summed E-state index contributed by atoms with van der Waals surface area (Å²) in [5.74, 6) is -0.304. The van der Waals surface area contributed by atoms with Crippen LogP contribution in [0, 0.1) is 0 Å². The first-order valence-corrected chi connectivity index (χ1v) is 8.15. The maximum Gasteiger partial charge on any atom is 0.335 e. The zero-order chi connectivity index (χ0) is 17.6. The first kappa shape index (κ1) is 15.6. The smallest absolute Gasteiger partial charge is 0.335 e. The van der Waals surface area contributed by atoms with E-state index in [9.17, 15) is 9.90 Å². The van der Waals surface area contributed by atoms with E-state index in [2.05, 4.69) is 21.4 Å². The summed E-state index contributed by atoms with van der Waals surface area (Å²) in [5, 5.41) is 10.7. The molecule has 1 aliphatic heterocycles. The van der Waals surface area contributed by atoms with Crippen LogP contribution < -0.4 is 4.90 Å². The van der Waals surface area contributed by atoms with Crippen LogP contribution in [0.25, 0.3) is 16.5 Å². The van der Waals surface area contributed by atoms with E-state index in [1.807, 2.05) is 18.2 Å². The minimum Gasteiger partial charge on any atom is -0.478 e. The Bertz CT molecular complexity index is 1030. The number of carboxylic acid groups (broad SMARTS) is 1. The minimum atomic E-state index is -1.05. The van der Waals surface area contributed by atoms with Crippen molar-refractivity contribution >= 4 is 45.6 Å². The third-order valence-corrected chi connectivity index (χ3v) is 4.65. The van der Waals surface area contributed by atoms with Crippen molar-refractivity contribution in [2.75, 3.05) is 11.4 Å². The van der Waals surface area contributed by atoms with Crippen molar-refractivity contribution in [2.24, 2.45) is 0 Å². The molecular weight excluding hydrogens is 338 g/mol. The van der Waals surface area contributed by atoms with Gasteiger partial charge in [0.15, 0.2) is 0 Å². The number of carbonyl (C=O) groups is 1. The molecule has 1 N–H and O–H groups in total. The average Bonchev–Trinajstić information content (AvgIpc) is 3.02. The van der Waals surface area contributed by atoms with Gasteiger partial charge in [-0.2, -0.15) is 0 Å². The lowest BCUT2D eigenvalue weighted by Crippen LogP contribution is -2.15. The Kier molecular flexibility index (Phi) is 3.66. The first-order chi connectivity index (χ1) is 12.0. The van der Waals surface area contributed by atoms with E-state index in [1.54, 1.807) is 18.2 Å². The molecule has 5 nitrogen and oxygen atoms in total. The number of benzene rings is 2. The number of aromatic nitrogens is 2. The van der Waals surface area contributed by atoms with Gasteiger partial charge in [-0.05, 0) is 41.8 Å². The van der Waals surface area contributed by atoms with Crippen molar-refractivity contribution < 1.29 is 9.90 Å². The summed E-state index contributed by atoms with van der Waals surface area (Å²) in [5.41, 5.74) is 3.57. The van der Waals surface area contributed by atoms with Gasteiger partial charge in [0.2, 0.25) is 0 Å². The van der Waals surface area contributed by atoms with Crippen LogP contribution in [-0.2, 0) is 11.2 Å². The Morgan fingerprint density at radius 2 is 2.04 bits per heavy atom. The third-order valence-electron chi connectivity index (χ3n) is 4.42. The number of nitrogens with zero attached hydrogens (tertiary/aromatic N) is 3. The molecule has 0 amide bonds. The Morgan fingerprint density at radius 1 is 1.20 bits per heavy atom. The predicted molar refractivity (Wildman–Crippen MR) is 98.4 cm³/mol. The van der Waals surface area contributed by atoms with Crippen LogP contribution in [0.15, 0.2) is 49.3 Å².